The molecular weight excluding hydrogens is 365 g/mol. The van der Waals surface area contributed by atoms with Crippen LogP contribution in [0.5, 0.6) is 0 Å². The number of carbonyl (C=O) groups excluding carboxylic acids is 1. The van der Waals surface area contributed by atoms with Gasteiger partial charge in [-0.05, 0) is 0 Å². The summed E-state index contributed by atoms with van der Waals surface area (Å²) in [7, 11) is -6.88. The molecule has 0 aliphatic carbocycles. The van der Waals surface area contributed by atoms with Crippen LogP contribution in [0.25, 0.3) is 0 Å². The quantitative estimate of drug-likeness (QED) is 0.153. The molecule has 0 bridgehead atoms. The predicted octanol–water partition coefficient (Wildman–Crippen LogP) is -5.49. The number of carbonyl (C=O) groups is 1. The van der Waals surface area contributed by atoms with E-state index in [1.54, 1.807) is 0 Å². The largest absolute Gasteiger partial charge is 1.00 e. The Balaban J connectivity index is -0.00000200. The molecule has 126 valence electrons. The van der Waals surface area contributed by atoms with Crippen LogP contribution in [0, 0.1) is 0 Å². The molecule has 2 atom stereocenters. The van der Waals surface area contributed by atoms with Gasteiger partial charge >= 0.3 is 64.0 Å². The minimum absolute atomic E-state index is 0. The molecule has 17 heteroatoms. The third-order valence-corrected chi connectivity index (χ3v) is 3.32. The minimum atomic E-state index is -6.88. The molecule has 0 aromatic rings. The molecule has 0 aromatic heterocycles. The van der Waals surface area contributed by atoms with E-state index in [1.165, 1.54) is 0 Å². The molecule has 0 aliphatic rings. The van der Waals surface area contributed by atoms with Crippen LogP contribution in [0.2, 0.25) is 0 Å². The van der Waals surface area contributed by atoms with Gasteiger partial charge in [0.25, 0.3) is 6.04 Å². The zero-order chi connectivity index (χ0) is 17.3. The fraction of sp³-hybridized carbons (Fsp3) is 0.833. The average molecular weight is 368 g/mol. The fourth-order valence-electron chi connectivity index (χ4n) is 0.632. The van der Waals surface area contributed by atoms with Crippen molar-refractivity contribution in [3.63, 3.8) is 0 Å². The first-order chi connectivity index (χ1) is 9.03. The summed E-state index contributed by atoms with van der Waals surface area (Å²) in [6, 6.07) is -3.71. The van der Waals surface area contributed by atoms with Crippen molar-refractivity contribution in [1.29, 1.82) is 0 Å². The summed E-state index contributed by atoms with van der Waals surface area (Å²) in [4.78, 5) is 9.96. The van der Waals surface area contributed by atoms with Crippen molar-refractivity contribution in [2.75, 3.05) is 6.61 Å². The second kappa shape index (κ2) is 9.18. The normalized spacial score (nSPS) is 16.6. The molecule has 0 spiro atoms. The first kappa shape index (κ1) is 28.2. The van der Waals surface area contributed by atoms with E-state index >= 15 is 0 Å². The molecule has 0 saturated carbocycles. The fourth-order valence-corrected chi connectivity index (χ4v) is 1.90. The monoisotopic (exact) mass is 368 g/mol. The zero-order valence-corrected chi connectivity index (χ0v) is 12.1. The molecule has 0 amide bonds. The van der Waals surface area contributed by atoms with Gasteiger partial charge in [-0.1, -0.05) is 0 Å². The van der Waals surface area contributed by atoms with Gasteiger partial charge in [0.05, 0.1) is 0 Å². The Morgan fingerprint density at radius 3 is 1.74 bits per heavy atom. The molecule has 0 aromatic carbocycles. The SMILES string of the molecule is O=C(F)C([O-])([O-])P(=O)(OCC(F)(F)F)OC(F)C(F)(F)F.[Li+].[Li+]. The molecule has 6 nitrogen and oxygen atoms in total. The molecule has 0 saturated heterocycles. The summed E-state index contributed by atoms with van der Waals surface area (Å²) >= 11 is 0. The third-order valence-electron chi connectivity index (χ3n) is 1.50. The number of halogens is 8. The summed E-state index contributed by atoms with van der Waals surface area (Å²) < 4.78 is 112. The molecule has 23 heavy (non-hydrogen) atoms. The smallest absolute Gasteiger partial charge is 0.846 e. The van der Waals surface area contributed by atoms with Gasteiger partial charge in [0.15, 0.2) is 6.61 Å². The van der Waals surface area contributed by atoms with E-state index in [2.05, 4.69) is 9.05 Å². The molecule has 0 fully saturated rings. The first-order valence-corrected chi connectivity index (χ1v) is 5.88. The van der Waals surface area contributed by atoms with Crippen molar-refractivity contribution in [1.82, 2.24) is 0 Å². The van der Waals surface area contributed by atoms with Crippen molar-refractivity contribution >= 4 is 13.6 Å². The number of hydrogen-bond acceptors (Lipinski definition) is 6. The van der Waals surface area contributed by atoms with Crippen LogP contribution >= 0.6 is 7.60 Å². The van der Waals surface area contributed by atoms with E-state index in [4.69, 9.17) is 0 Å². The second-order valence-corrected chi connectivity index (χ2v) is 5.26. The molecule has 0 N–H and O–H groups in total. The number of rotatable bonds is 6. The van der Waals surface area contributed by atoms with E-state index < -0.39 is 44.5 Å². The average Bonchev–Trinajstić information content (AvgIpc) is 2.23. The minimum Gasteiger partial charge on any atom is -0.846 e. The van der Waals surface area contributed by atoms with Gasteiger partial charge < -0.3 is 14.7 Å². The first-order valence-electron chi connectivity index (χ1n) is 4.34. The van der Waals surface area contributed by atoms with Crippen LogP contribution < -0.4 is 47.9 Å². The second-order valence-electron chi connectivity index (χ2n) is 3.20. The van der Waals surface area contributed by atoms with Gasteiger partial charge in [0, 0.05) is 5.53 Å². The Kier molecular flexibility index (Phi) is 11.2. The maximum atomic E-state index is 12.4. The molecule has 2 unspecified atom stereocenters. The maximum absolute atomic E-state index is 12.4. The van der Waals surface area contributed by atoms with Crippen molar-refractivity contribution in [3.8, 4) is 0 Å². The summed E-state index contributed by atoms with van der Waals surface area (Å²) in [6.45, 7) is -2.83. The van der Waals surface area contributed by atoms with Gasteiger partial charge in [-0.25, -0.2) is 4.39 Å². The maximum Gasteiger partial charge on any atom is 1.00 e. The van der Waals surface area contributed by atoms with Crippen molar-refractivity contribution in [2.24, 2.45) is 0 Å². The standard InChI is InChI=1S/C6H3F8O6P.2Li/c7-2(15)6(16,17)21(18,19-1-4(9,10)11)20-3(8)5(12,13)14;;/h3H,1H2;;/q-2;2*+1. The van der Waals surface area contributed by atoms with E-state index in [9.17, 15) is 54.7 Å². The Morgan fingerprint density at radius 2 is 1.48 bits per heavy atom. The Morgan fingerprint density at radius 1 is 1.09 bits per heavy atom. The van der Waals surface area contributed by atoms with Crippen molar-refractivity contribution < 1.29 is 101 Å². The Hall–Kier alpha value is 0.375. The predicted molar refractivity (Wildman–Crippen MR) is 40.5 cm³/mol. The van der Waals surface area contributed by atoms with Crippen LogP contribution in [0.4, 0.5) is 35.1 Å². The van der Waals surface area contributed by atoms with Crippen molar-refractivity contribution in [2.45, 2.75) is 24.2 Å². The summed E-state index contributed by atoms with van der Waals surface area (Å²) in [5.41, 5.74) is -5.56. The van der Waals surface area contributed by atoms with Crippen LogP contribution in [0.1, 0.15) is 0 Å². The van der Waals surface area contributed by atoms with Crippen LogP contribution in [-0.2, 0) is 18.4 Å². The summed E-state index contributed by atoms with van der Waals surface area (Å²) in [5, 5.41) is 21.4. The van der Waals surface area contributed by atoms with E-state index in [-0.39, 0.29) is 37.7 Å². The topological polar surface area (TPSA) is 98.7 Å². The molecule has 0 radical (unpaired) electrons. The van der Waals surface area contributed by atoms with Gasteiger partial charge in [-0.3, -0.25) is 13.9 Å². The van der Waals surface area contributed by atoms with Crippen LogP contribution in [-0.4, -0.2) is 36.9 Å². The summed E-state index contributed by atoms with van der Waals surface area (Å²) in [6.07, 6.45) is -16.2. The summed E-state index contributed by atoms with van der Waals surface area (Å²) in [5.74, 6) is 0. The van der Waals surface area contributed by atoms with Gasteiger partial charge in [0.2, 0.25) is 0 Å². The van der Waals surface area contributed by atoms with E-state index in [1.807, 2.05) is 0 Å². The third kappa shape index (κ3) is 8.34. The van der Waals surface area contributed by atoms with Gasteiger partial charge in [-0.15, -0.1) is 0 Å². The number of hydrogen-bond donors (Lipinski definition) is 0. The molecule has 0 heterocycles. The van der Waals surface area contributed by atoms with Gasteiger partial charge in [-0.2, -0.15) is 30.7 Å². The molecule has 0 aliphatic heterocycles. The van der Waals surface area contributed by atoms with Gasteiger partial charge in [0.1, 0.15) is 0 Å². The van der Waals surface area contributed by atoms with Crippen LogP contribution in [0.3, 0.4) is 0 Å². The number of alkyl halides is 7. The Bertz CT molecular complexity index is 440. The Labute approximate surface area is 146 Å². The van der Waals surface area contributed by atoms with E-state index in [0.717, 1.165) is 0 Å². The molecule has 0 rings (SSSR count). The zero-order valence-electron chi connectivity index (χ0n) is 11.2. The van der Waals surface area contributed by atoms with Crippen molar-refractivity contribution in [3.05, 3.63) is 0 Å². The molecular formula is C6H3F8Li2O6P. The van der Waals surface area contributed by atoms with Crippen LogP contribution in [0.15, 0.2) is 0 Å². The van der Waals surface area contributed by atoms with E-state index in [0.29, 0.717) is 0 Å².